The van der Waals surface area contributed by atoms with Crippen molar-refractivity contribution in [3.63, 3.8) is 0 Å². The second-order valence-corrected chi connectivity index (χ2v) is 4.45. The third kappa shape index (κ3) is 2.43. The second-order valence-electron chi connectivity index (χ2n) is 3.87. The predicted molar refractivity (Wildman–Crippen MR) is 63.0 cm³/mol. The molecule has 0 spiro atoms. The van der Waals surface area contributed by atoms with E-state index in [-0.39, 0.29) is 11.3 Å². The van der Waals surface area contributed by atoms with E-state index in [0.29, 0.717) is 0 Å². The molecule has 1 saturated heterocycles. The molecule has 0 amide bonds. The van der Waals surface area contributed by atoms with Gasteiger partial charge in [0.1, 0.15) is 29.6 Å². The molecule has 0 bridgehead atoms. The van der Waals surface area contributed by atoms with Gasteiger partial charge in [-0.3, -0.25) is 14.3 Å². The van der Waals surface area contributed by atoms with Crippen LogP contribution in [0.3, 0.4) is 0 Å². The first-order chi connectivity index (χ1) is 8.95. The zero-order chi connectivity index (χ0) is 14.2. The summed E-state index contributed by atoms with van der Waals surface area (Å²) in [6, 6.07) is 1.03. The number of nitrogens with zero attached hydrogens (tertiary/aromatic N) is 1. The quantitative estimate of drug-likeness (QED) is 0.427. The Labute approximate surface area is 108 Å². The monoisotopic (exact) mass is 290 g/mol. The van der Waals surface area contributed by atoms with E-state index in [4.69, 9.17) is 4.74 Å². The van der Waals surface area contributed by atoms with Crippen molar-refractivity contribution < 1.29 is 24.3 Å². The molecule has 0 aliphatic carbocycles. The lowest BCUT2D eigenvalue weighted by atomic mass is 10.1. The van der Waals surface area contributed by atoms with Crippen LogP contribution in [-0.4, -0.2) is 52.4 Å². The molecule has 1 aliphatic heterocycles. The van der Waals surface area contributed by atoms with Gasteiger partial charge in [-0.1, -0.05) is 0 Å². The van der Waals surface area contributed by atoms with Gasteiger partial charge in [0.05, 0.1) is 0 Å². The van der Waals surface area contributed by atoms with Crippen LogP contribution in [0, 0.1) is 0 Å². The molecule has 4 atom stereocenters. The fourth-order valence-corrected chi connectivity index (χ4v) is 2.06. The topological polar surface area (TPSA) is 142 Å². The summed E-state index contributed by atoms with van der Waals surface area (Å²) in [5, 5.41) is 27.9. The van der Waals surface area contributed by atoms with Gasteiger partial charge >= 0.3 is 5.69 Å². The van der Waals surface area contributed by atoms with Crippen LogP contribution in [0.1, 0.15) is 6.23 Å². The average molecular weight is 290 g/mol. The van der Waals surface area contributed by atoms with Gasteiger partial charge in [-0.25, -0.2) is 9.00 Å². The third-order valence-corrected chi connectivity index (χ3v) is 3.10. The first-order valence-corrected chi connectivity index (χ1v) is 5.88. The zero-order valence-corrected chi connectivity index (χ0v) is 10.1. The van der Waals surface area contributed by atoms with Crippen LogP contribution in [0.25, 0.3) is 0 Å². The zero-order valence-electron chi connectivity index (χ0n) is 9.29. The summed E-state index contributed by atoms with van der Waals surface area (Å²) < 4.78 is 16.4. The molecule has 19 heavy (non-hydrogen) atoms. The maximum absolute atomic E-state index is 11.5. The summed E-state index contributed by atoms with van der Waals surface area (Å²) >= 11 is -0.287. The van der Waals surface area contributed by atoms with E-state index in [1.807, 2.05) is 4.98 Å². The van der Waals surface area contributed by atoms with Gasteiger partial charge in [-0.2, -0.15) is 0 Å². The Morgan fingerprint density at radius 2 is 2.05 bits per heavy atom. The molecule has 9 nitrogen and oxygen atoms in total. The maximum Gasteiger partial charge on any atom is 0.330 e. The third-order valence-electron chi connectivity index (χ3n) is 2.69. The Kier molecular flexibility index (Phi) is 3.78. The van der Waals surface area contributed by atoms with Crippen molar-refractivity contribution in [3.05, 3.63) is 33.1 Å². The Balaban J connectivity index is 2.39. The van der Waals surface area contributed by atoms with Crippen molar-refractivity contribution in [1.82, 2.24) is 9.55 Å². The lowest BCUT2D eigenvalue weighted by Crippen LogP contribution is -2.38. The van der Waals surface area contributed by atoms with Gasteiger partial charge in [0.2, 0.25) is 0 Å². The lowest BCUT2D eigenvalue weighted by molar-refractivity contribution is -0.0284. The molecule has 2 heterocycles. The Hall–Kier alpha value is -1.59. The SMILES string of the molecule is O=S=C(O)[C@H]1O[C@@H](n2ccc(=O)[nH]c2=O)[C@H](O)[C@@H]1O. The normalized spacial score (nSPS) is 30.3. The van der Waals surface area contributed by atoms with Gasteiger partial charge in [0.15, 0.2) is 11.3 Å². The molecule has 0 saturated carbocycles. The van der Waals surface area contributed by atoms with Gasteiger partial charge in [-0.15, -0.1) is 0 Å². The van der Waals surface area contributed by atoms with Crippen LogP contribution < -0.4 is 11.2 Å². The minimum Gasteiger partial charge on any atom is -0.387 e. The van der Waals surface area contributed by atoms with Crippen molar-refractivity contribution in [1.29, 1.82) is 0 Å². The smallest absolute Gasteiger partial charge is 0.330 e. The van der Waals surface area contributed by atoms with Crippen LogP contribution in [0.2, 0.25) is 0 Å². The molecule has 0 aromatic carbocycles. The number of aromatic amines is 1. The highest BCUT2D eigenvalue weighted by Crippen LogP contribution is 2.28. The van der Waals surface area contributed by atoms with E-state index >= 15 is 0 Å². The summed E-state index contributed by atoms with van der Waals surface area (Å²) in [4.78, 5) is 24.4. The van der Waals surface area contributed by atoms with Crippen LogP contribution in [0.4, 0.5) is 0 Å². The van der Waals surface area contributed by atoms with Crippen LogP contribution >= 0.6 is 0 Å². The molecular formula is C9H10N2O7S. The first-order valence-electron chi connectivity index (χ1n) is 5.14. The van der Waals surface area contributed by atoms with Crippen molar-refractivity contribution in [2.24, 2.45) is 0 Å². The van der Waals surface area contributed by atoms with Gasteiger partial charge in [-0.05, 0) is 0 Å². The molecular weight excluding hydrogens is 280 g/mol. The Bertz CT molecular complexity index is 646. The standard InChI is InChI=1S/C9H10N2O7S/c12-3-1-2-11(9(16)10-3)7-5(14)4(13)6(18-7)8(15)19-17/h1-2,4-7,13-15H,(H,10,12,16)/t4-,5+,6-,7+/m0/s1. The van der Waals surface area contributed by atoms with E-state index in [1.54, 1.807) is 0 Å². The summed E-state index contributed by atoms with van der Waals surface area (Å²) in [6.07, 6.45) is -4.76. The largest absolute Gasteiger partial charge is 0.387 e. The first kappa shape index (κ1) is 13.8. The number of hydrogen-bond donors (Lipinski definition) is 4. The number of aliphatic hydroxyl groups excluding tert-OH is 3. The Morgan fingerprint density at radius 3 is 2.63 bits per heavy atom. The highest BCUT2D eigenvalue weighted by Gasteiger charge is 2.46. The molecule has 1 aliphatic rings. The fourth-order valence-electron chi connectivity index (χ4n) is 1.77. The summed E-state index contributed by atoms with van der Waals surface area (Å²) in [5.41, 5.74) is -1.48. The molecule has 4 N–H and O–H groups in total. The van der Waals surface area contributed by atoms with Gasteiger partial charge < -0.3 is 20.1 Å². The Morgan fingerprint density at radius 1 is 1.37 bits per heavy atom. The van der Waals surface area contributed by atoms with Crippen molar-refractivity contribution in [2.75, 3.05) is 0 Å². The number of aliphatic hydroxyl groups is 3. The van der Waals surface area contributed by atoms with Gasteiger partial charge in [0, 0.05) is 12.3 Å². The van der Waals surface area contributed by atoms with Crippen molar-refractivity contribution >= 4 is 16.3 Å². The predicted octanol–water partition coefficient (Wildman–Crippen LogP) is -2.94. The summed E-state index contributed by atoms with van der Waals surface area (Å²) in [5.74, 6) is 0. The van der Waals surface area contributed by atoms with E-state index < -0.39 is 40.8 Å². The van der Waals surface area contributed by atoms with E-state index in [1.165, 1.54) is 0 Å². The highest BCUT2D eigenvalue weighted by atomic mass is 32.1. The number of H-pyrrole nitrogens is 1. The minimum atomic E-state index is -1.56. The maximum atomic E-state index is 11.5. The van der Waals surface area contributed by atoms with E-state index in [0.717, 1.165) is 16.8 Å². The molecule has 104 valence electrons. The summed E-state index contributed by atoms with van der Waals surface area (Å²) in [6.45, 7) is 0. The number of hydrogen-bond acceptors (Lipinski definition) is 6. The molecule has 1 aromatic rings. The number of ether oxygens (including phenoxy) is 1. The second kappa shape index (κ2) is 5.19. The fraction of sp³-hybridized carbons (Fsp3) is 0.444. The van der Waals surface area contributed by atoms with Gasteiger partial charge in [0.25, 0.3) is 5.56 Å². The average Bonchev–Trinajstić information content (AvgIpc) is 2.66. The van der Waals surface area contributed by atoms with Crippen molar-refractivity contribution in [2.45, 2.75) is 24.5 Å². The molecule has 10 heteroatoms. The highest BCUT2D eigenvalue weighted by molar-refractivity contribution is 7.66. The molecule has 1 fully saturated rings. The van der Waals surface area contributed by atoms with Crippen molar-refractivity contribution in [3.8, 4) is 0 Å². The molecule has 2 rings (SSSR count). The minimum absolute atomic E-state index is 0.287. The van der Waals surface area contributed by atoms with E-state index in [9.17, 15) is 29.1 Å². The molecule has 0 unspecified atom stereocenters. The number of aromatic nitrogens is 2. The molecule has 0 radical (unpaired) electrons. The molecule has 1 aromatic heterocycles. The van der Waals surface area contributed by atoms with Crippen LogP contribution in [0.15, 0.2) is 21.9 Å². The number of nitrogens with one attached hydrogen (secondary N) is 1. The number of rotatable bonds is 2. The van der Waals surface area contributed by atoms with Crippen LogP contribution in [-0.2, 0) is 16.0 Å². The summed E-state index contributed by atoms with van der Waals surface area (Å²) in [7, 11) is 0. The van der Waals surface area contributed by atoms with E-state index in [2.05, 4.69) is 0 Å². The lowest BCUT2D eigenvalue weighted by Gasteiger charge is -2.16. The van der Waals surface area contributed by atoms with Crippen LogP contribution in [0.5, 0.6) is 0 Å².